The molecule has 6 nitrogen and oxygen atoms in total. The van der Waals surface area contributed by atoms with Crippen LogP contribution in [0.25, 0.3) is 11.1 Å². The van der Waals surface area contributed by atoms with Crippen molar-refractivity contribution in [3.8, 4) is 0 Å². The van der Waals surface area contributed by atoms with Crippen molar-refractivity contribution in [3.63, 3.8) is 0 Å². The summed E-state index contributed by atoms with van der Waals surface area (Å²) >= 11 is 6.04. The lowest BCUT2D eigenvalue weighted by Crippen LogP contribution is -2.33. The van der Waals surface area contributed by atoms with E-state index in [4.69, 9.17) is 20.8 Å². The van der Waals surface area contributed by atoms with Crippen LogP contribution in [0.15, 0.2) is 47.0 Å². The fourth-order valence-corrected chi connectivity index (χ4v) is 2.52. The number of carbonyl (C=O) groups excluding carboxylic acids is 1. The van der Waals surface area contributed by atoms with Crippen LogP contribution in [0.2, 0.25) is 5.15 Å². The van der Waals surface area contributed by atoms with Gasteiger partial charge in [0.05, 0.1) is 18.7 Å². The zero-order valence-electron chi connectivity index (χ0n) is 13.1. The highest BCUT2D eigenvalue weighted by Crippen LogP contribution is 2.19. The van der Waals surface area contributed by atoms with E-state index in [-0.39, 0.29) is 17.6 Å². The average Bonchev–Trinajstić information content (AvgIpc) is 3.01. The van der Waals surface area contributed by atoms with Gasteiger partial charge in [-0.15, -0.1) is 0 Å². The smallest absolute Gasteiger partial charge is 0.257 e. The maximum absolute atomic E-state index is 12.8. The van der Waals surface area contributed by atoms with Gasteiger partial charge in [0, 0.05) is 19.9 Å². The van der Waals surface area contributed by atoms with Crippen molar-refractivity contribution in [2.45, 2.75) is 6.54 Å². The summed E-state index contributed by atoms with van der Waals surface area (Å²) in [6.07, 6.45) is 1.54. The van der Waals surface area contributed by atoms with Crippen molar-refractivity contribution >= 4 is 28.6 Å². The molecule has 0 fully saturated rings. The zero-order valence-corrected chi connectivity index (χ0v) is 13.9. The minimum atomic E-state index is -0.243. The summed E-state index contributed by atoms with van der Waals surface area (Å²) in [5.41, 5.74) is 1.78. The molecule has 0 spiro atoms. The van der Waals surface area contributed by atoms with E-state index in [9.17, 15) is 4.79 Å². The number of rotatable bonds is 6. The molecule has 1 aromatic carbocycles. The Bertz CT molecular complexity index is 817. The molecule has 7 heteroatoms. The third-order valence-corrected chi connectivity index (χ3v) is 3.81. The van der Waals surface area contributed by atoms with Crippen molar-refractivity contribution in [2.75, 3.05) is 20.3 Å². The number of amides is 1. The predicted molar refractivity (Wildman–Crippen MR) is 89.9 cm³/mol. The van der Waals surface area contributed by atoms with Gasteiger partial charge in [0.2, 0.25) is 5.89 Å². The van der Waals surface area contributed by atoms with Gasteiger partial charge in [-0.25, -0.2) is 9.97 Å². The molecule has 2 aromatic heterocycles. The molecule has 3 aromatic rings. The molecule has 0 aliphatic rings. The van der Waals surface area contributed by atoms with E-state index in [2.05, 4.69) is 9.97 Å². The maximum Gasteiger partial charge on any atom is 0.257 e. The van der Waals surface area contributed by atoms with Gasteiger partial charge in [-0.2, -0.15) is 0 Å². The lowest BCUT2D eigenvalue weighted by molar-refractivity contribution is 0.0663. The molecule has 0 aliphatic heterocycles. The van der Waals surface area contributed by atoms with Crippen LogP contribution in [0, 0.1) is 0 Å². The number of benzene rings is 1. The van der Waals surface area contributed by atoms with E-state index >= 15 is 0 Å². The Balaban J connectivity index is 1.85. The van der Waals surface area contributed by atoms with E-state index in [1.165, 1.54) is 0 Å². The number of oxazole rings is 1. The second-order valence-electron chi connectivity index (χ2n) is 5.14. The second-order valence-corrected chi connectivity index (χ2v) is 5.49. The van der Waals surface area contributed by atoms with Crippen LogP contribution < -0.4 is 0 Å². The number of hydrogen-bond acceptors (Lipinski definition) is 5. The summed E-state index contributed by atoms with van der Waals surface area (Å²) in [4.78, 5) is 22.7. The van der Waals surface area contributed by atoms with Crippen molar-refractivity contribution in [2.24, 2.45) is 0 Å². The summed E-state index contributed by atoms with van der Waals surface area (Å²) in [7, 11) is 1.58. The Morgan fingerprint density at radius 2 is 2.12 bits per heavy atom. The molecule has 3 rings (SSSR count). The third kappa shape index (κ3) is 3.55. The Kier molecular flexibility index (Phi) is 5.08. The van der Waals surface area contributed by atoms with Crippen LogP contribution in [0.1, 0.15) is 16.2 Å². The van der Waals surface area contributed by atoms with Crippen LogP contribution in [-0.4, -0.2) is 41.0 Å². The molecule has 124 valence electrons. The molecule has 0 atom stereocenters. The number of aromatic nitrogens is 2. The van der Waals surface area contributed by atoms with Crippen molar-refractivity contribution in [1.29, 1.82) is 0 Å². The number of para-hydroxylation sites is 2. The van der Waals surface area contributed by atoms with E-state index in [1.54, 1.807) is 30.3 Å². The van der Waals surface area contributed by atoms with Gasteiger partial charge in [-0.05, 0) is 24.3 Å². The van der Waals surface area contributed by atoms with Gasteiger partial charge >= 0.3 is 0 Å². The quantitative estimate of drug-likeness (QED) is 0.642. The zero-order chi connectivity index (χ0) is 16.9. The van der Waals surface area contributed by atoms with Crippen LogP contribution in [0.3, 0.4) is 0 Å². The number of methoxy groups -OCH3 is 1. The Morgan fingerprint density at radius 3 is 2.88 bits per heavy atom. The summed E-state index contributed by atoms with van der Waals surface area (Å²) in [5, 5.41) is 0.169. The van der Waals surface area contributed by atoms with Gasteiger partial charge in [0.1, 0.15) is 10.7 Å². The molecule has 0 radical (unpaired) electrons. The monoisotopic (exact) mass is 345 g/mol. The number of pyridine rings is 1. The van der Waals surface area contributed by atoms with E-state index in [1.807, 2.05) is 24.3 Å². The average molecular weight is 346 g/mol. The second kappa shape index (κ2) is 7.42. The minimum absolute atomic E-state index is 0.169. The SMILES string of the molecule is COCCN(Cc1nc2ccccc2o1)C(=O)c1cccnc1Cl. The van der Waals surface area contributed by atoms with Gasteiger partial charge in [-0.1, -0.05) is 23.7 Å². The first-order valence-electron chi connectivity index (χ1n) is 7.42. The van der Waals surface area contributed by atoms with Crippen LogP contribution in [0.5, 0.6) is 0 Å². The van der Waals surface area contributed by atoms with Crippen LogP contribution >= 0.6 is 11.6 Å². The molecule has 0 aliphatic carbocycles. The van der Waals surface area contributed by atoms with E-state index in [0.717, 1.165) is 5.52 Å². The Morgan fingerprint density at radius 1 is 1.29 bits per heavy atom. The van der Waals surface area contributed by atoms with Gasteiger partial charge in [-0.3, -0.25) is 4.79 Å². The molecule has 0 N–H and O–H groups in total. The predicted octanol–water partition coefficient (Wildman–Crippen LogP) is 3.17. The van der Waals surface area contributed by atoms with Crippen molar-refractivity contribution in [1.82, 2.24) is 14.9 Å². The van der Waals surface area contributed by atoms with Crippen molar-refractivity contribution < 1.29 is 13.9 Å². The molecular weight excluding hydrogens is 330 g/mol. The fraction of sp³-hybridized carbons (Fsp3) is 0.235. The largest absolute Gasteiger partial charge is 0.439 e. The lowest BCUT2D eigenvalue weighted by atomic mass is 10.2. The molecular formula is C17H16ClN3O3. The fourth-order valence-electron chi connectivity index (χ4n) is 2.32. The lowest BCUT2D eigenvalue weighted by Gasteiger charge is -2.21. The third-order valence-electron chi connectivity index (χ3n) is 3.51. The topological polar surface area (TPSA) is 68.5 Å². The van der Waals surface area contributed by atoms with Gasteiger partial charge in [0.15, 0.2) is 5.58 Å². The first kappa shape index (κ1) is 16.4. The highest BCUT2D eigenvalue weighted by Gasteiger charge is 2.21. The number of hydrogen-bond donors (Lipinski definition) is 0. The Labute approximate surface area is 144 Å². The summed E-state index contributed by atoms with van der Waals surface area (Å²) in [6, 6.07) is 10.8. The van der Waals surface area contributed by atoms with E-state index < -0.39 is 0 Å². The first-order chi connectivity index (χ1) is 11.7. The normalized spacial score (nSPS) is 10.9. The molecule has 2 heterocycles. The summed E-state index contributed by atoms with van der Waals surface area (Å²) in [5.74, 6) is 0.216. The Hall–Kier alpha value is -2.44. The van der Waals surface area contributed by atoms with Gasteiger partial charge in [0.25, 0.3) is 5.91 Å². The minimum Gasteiger partial charge on any atom is -0.439 e. The van der Waals surface area contributed by atoms with Gasteiger partial charge < -0.3 is 14.1 Å². The maximum atomic E-state index is 12.8. The highest BCUT2D eigenvalue weighted by molar-refractivity contribution is 6.32. The number of nitrogens with zero attached hydrogens (tertiary/aromatic N) is 3. The molecule has 0 saturated carbocycles. The number of carbonyl (C=O) groups is 1. The number of ether oxygens (including phenoxy) is 1. The molecule has 0 unspecified atom stereocenters. The van der Waals surface area contributed by atoms with E-state index in [0.29, 0.717) is 30.2 Å². The highest BCUT2D eigenvalue weighted by atomic mass is 35.5. The van der Waals surface area contributed by atoms with Crippen molar-refractivity contribution in [3.05, 3.63) is 59.2 Å². The van der Waals surface area contributed by atoms with Crippen LogP contribution in [0.4, 0.5) is 0 Å². The molecule has 0 saturated heterocycles. The molecule has 0 bridgehead atoms. The van der Waals surface area contributed by atoms with Crippen LogP contribution in [-0.2, 0) is 11.3 Å². The number of fused-ring (bicyclic) bond motifs is 1. The summed E-state index contributed by atoms with van der Waals surface area (Å²) < 4.78 is 10.8. The number of halogens is 1. The standard InChI is InChI=1S/C17H16ClN3O3/c1-23-10-9-21(17(22)12-5-4-8-19-16(12)18)11-15-20-13-6-2-3-7-14(13)24-15/h2-8H,9-11H2,1H3. The first-order valence-corrected chi connectivity index (χ1v) is 7.80. The summed E-state index contributed by atoms with van der Waals surface area (Å²) in [6.45, 7) is 1.01. The molecule has 24 heavy (non-hydrogen) atoms. The molecule has 1 amide bonds.